The molecule has 0 saturated heterocycles. The number of rotatable bonds is 7. The Morgan fingerprint density at radius 2 is 0.758 bits per heavy atom. The number of hydrogen-bond acceptors (Lipinski definition) is 4. The second kappa shape index (κ2) is 14.9. The molecule has 4 nitrogen and oxygen atoms in total. The van der Waals surface area contributed by atoms with Gasteiger partial charge in [-0.15, -0.1) is 11.3 Å². The number of fused-ring (bicyclic) bond motifs is 6. The van der Waals surface area contributed by atoms with Crippen molar-refractivity contribution in [2.24, 2.45) is 0 Å². The maximum absolute atomic E-state index is 5.27. The fourth-order valence-electron chi connectivity index (χ4n) is 8.85. The number of para-hydroxylation sites is 2. The minimum atomic E-state index is 0.607. The molecule has 0 spiro atoms. The first-order valence-corrected chi connectivity index (χ1v) is 21.7. The topological polar surface area (TPSA) is 43.6 Å². The summed E-state index contributed by atoms with van der Waals surface area (Å²) in [5.41, 5.74) is 12.9. The molecule has 0 atom stereocenters. The third-order valence-corrected chi connectivity index (χ3v) is 13.0. The second-order valence-corrected chi connectivity index (χ2v) is 16.7. The summed E-state index contributed by atoms with van der Waals surface area (Å²) in [7, 11) is 0. The molecule has 12 rings (SSSR count). The SMILES string of the molecule is c1ccc(-c2cccc(-c3nc(-c4ccc(-c5ccc6c(c5)sc5ccccc56)cc4)nc(-c4ccc(-c5ccccc5)c(-n5c6ccccc6c6ccccc65)c4)n3)c2)cc1. The van der Waals surface area contributed by atoms with Gasteiger partial charge in [0.05, 0.1) is 16.7 Å². The van der Waals surface area contributed by atoms with Gasteiger partial charge in [-0.3, -0.25) is 0 Å². The second-order valence-electron chi connectivity index (χ2n) is 15.6. The standard InChI is InChI=1S/C57H36N4S/c1-3-14-37(15-4-1)41-18-13-19-43(34-41)56-58-55(40-28-26-38(27-29-40)42-30-33-49-48-22-9-12-25-53(48)62-54(49)36-42)59-57(60-56)44-31-32-45(39-16-5-2-6-17-39)52(35-44)61-50-23-10-7-20-46(50)47-21-8-11-24-51(47)61/h1-36H. The molecule has 0 aliphatic carbocycles. The normalized spacial score (nSPS) is 11.5. The lowest BCUT2D eigenvalue weighted by atomic mass is 10.00. The Labute approximate surface area is 362 Å². The molecular formula is C57H36N4S. The van der Waals surface area contributed by atoms with Gasteiger partial charge in [-0.2, -0.15) is 0 Å². The van der Waals surface area contributed by atoms with Gasteiger partial charge in [-0.1, -0.05) is 182 Å². The van der Waals surface area contributed by atoms with Gasteiger partial charge in [0.15, 0.2) is 17.5 Å². The first kappa shape index (κ1) is 35.9. The summed E-state index contributed by atoms with van der Waals surface area (Å²) in [6, 6.07) is 77.5. The van der Waals surface area contributed by atoms with Crippen LogP contribution in [-0.4, -0.2) is 19.5 Å². The van der Waals surface area contributed by atoms with Crippen molar-refractivity contribution in [3.63, 3.8) is 0 Å². The van der Waals surface area contributed by atoms with Crippen LogP contribution >= 0.6 is 11.3 Å². The lowest BCUT2D eigenvalue weighted by Crippen LogP contribution is -2.02. The lowest BCUT2D eigenvalue weighted by Gasteiger charge is -2.16. The highest BCUT2D eigenvalue weighted by molar-refractivity contribution is 7.25. The Kier molecular flexibility index (Phi) is 8.65. The molecule has 3 heterocycles. The quantitative estimate of drug-likeness (QED) is 0.161. The van der Waals surface area contributed by atoms with E-state index in [-0.39, 0.29) is 0 Å². The number of benzene rings is 9. The molecule has 0 aliphatic rings. The van der Waals surface area contributed by atoms with E-state index in [9.17, 15) is 0 Å². The molecule has 0 saturated carbocycles. The van der Waals surface area contributed by atoms with Crippen LogP contribution in [0.4, 0.5) is 0 Å². The molecule has 12 aromatic rings. The minimum absolute atomic E-state index is 0.607. The first-order valence-electron chi connectivity index (χ1n) is 20.8. The van der Waals surface area contributed by atoms with Crippen LogP contribution in [0.5, 0.6) is 0 Å². The Morgan fingerprint density at radius 1 is 0.290 bits per heavy atom. The molecule has 3 aromatic heterocycles. The largest absolute Gasteiger partial charge is 0.309 e. The van der Waals surface area contributed by atoms with Gasteiger partial charge in [-0.05, 0) is 64.2 Å². The van der Waals surface area contributed by atoms with E-state index in [1.54, 1.807) is 0 Å². The first-order chi connectivity index (χ1) is 30.7. The molecule has 0 aliphatic heterocycles. The highest BCUT2D eigenvalue weighted by Crippen LogP contribution is 2.40. The van der Waals surface area contributed by atoms with E-state index < -0.39 is 0 Å². The molecule has 0 N–H and O–H groups in total. The maximum atomic E-state index is 5.27. The Morgan fingerprint density at radius 3 is 1.47 bits per heavy atom. The molecular weight excluding hydrogens is 773 g/mol. The van der Waals surface area contributed by atoms with Crippen LogP contribution in [0.1, 0.15) is 0 Å². The van der Waals surface area contributed by atoms with Crippen molar-refractivity contribution in [3.8, 4) is 73.2 Å². The van der Waals surface area contributed by atoms with Gasteiger partial charge in [0.25, 0.3) is 0 Å². The van der Waals surface area contributed by atoms with Gasteiger partial charge in [0.2, 0.25) is 0 Å². The lowest BCUT2D eigenvalue weighted by molar-refractivity contribution is 1.07. The van der Waals surface area contributed by atoms with E-state index in [0.717, 1.165) is 61.2 Å². The minimum Gasteiger partial charge on any atom is -0.309 e. The predicted octanol–water partition coefficient (Wildman–Crippen LogP) is 15.3. The van der Waals surface area contributed by atoms with Crippen LogP contribution in [0.2, 0.25) is 0 Å². The average Bonchev–Trinajstić information content (AvgIpc) is 3.90. The summed E-state index contributed by atoms with van der Waals surface area (Å²) in [5.74, 6) is 1.84. The van der Waals surface area contributed by atoms with Gasteiger partial charge in [0, 0.05) is 53.2 Å². The van der Waals surface area contributed by atoms with Crippen molar-refractivity contribution >= 4 is 53.3 Å². The zero-order valence-electron chi connectivity index (χ0n) is 33.5. The van der Waals surface area contributed by atoms with E-state index in [4.69, 9.17) is 15.0 Å². The molecule has 290 valence electrons. The van der Waals surface area contributed by atoms with Crippen molar-refractivity contribution < 1.29 is 0 Å². The Hall–Kier alpha value is -7.99. The number of aromatic nitrogens is 4. The van der Waals surface area contributed by atoms with E-state index >= 15 is 0 Å². The van der Waals surface area contributed by atoms with Crippen molar-refractivity contribution in [1.82, 2.24) is 19.5 Å². The van der Waals surface area contributed by atoms with E-state index in [2.05, 4.69) is 217 Å². The van der Waals surface area contributed by atoms with E-state index in [1.807, 2.05) is 17.4 Å². The highest BCUT2D eigenvalue weighted by Gasteiger charge is 2.19. The van der Waals surface area contributed by atoms with Crippen molar-refractivity contribution in [1.29, 1.82) is 0 Å². The predicted molar refractivity (Wildman–Crippen MR) is 260 cm³/mol. The average molecular weight is 809 g/mol. The maximum Gasteiger partial charge on any atom is 0.164 e. The highest BCUT2D eigenvalue weighted by atomic mass is 32.1. The van der Waals surface area contributed by atoms with E-state index in [0.29, 0.717) is 17.5 Å². The van der Waals surface area contributed by atoms with Crippen molar-refractivity contribution in [3.05, 3.63) is 218 Å². The van der Waals surface area contributed by atoms with Crippen molar-refractivity contribution in [2.75, 3.05) is 0 Å². The number of thiophene rings is 1. The zero-order valence-corrected chi connectivity index (χ0v) is 34.3. The van der Waals surface area contributed by atoms with Gasteiger partial charge in [0.1, 0.15) is 0 Å². The van der Waals surface area contributed by atoms with Gasteiger partial charge >= 0.3 is 0 Å². The summed E-state index contributed by atoms with van der Waals surface area (Å²) in [4.78, 5) is 15.7. The molecule has 0 unspecified atom stereocenters. The third kappa shape index (κ3) is 6.26. The summed E-state index contributed by atoms with van der Waals surface area (Å²) in [6.45, 7) is 0. The monoisotopic (exact) mass is 808 g/mol. The number of nitrogens with zero attached hydrogens (tertiary/aromatic N) is 4. The Balaban J connectivity index is 1.03. The summed E-state index contributed by atoms with van der Waals surface area (Å²) < 4.78 is 4.98. The third-order valence-electron chi connectivity index (χ3n) is 11.9. The van der Waals surface area contributed by atoms with Crippen LogP contribution in [0.3, 0.4) is 0 Å². The molecule has 0 radical (unpaired) electrons. The molecule has 9 aromatic carbocycles. The van der Waals surface area contributed by atoms with E-state index in [1.165, 1.54) is 36.5 Å². The zero-order chi connectivity index (χ0) is 41.0. The van der Waals surface area contributed by atoms with Crippen LogP contribution in [0.25, 0.3) is 115 Å². The number of hydrogen-bond donors (Lipinski definition) is 0. The van der Waals surface area contributed by atoms with Crippen LogP contribution < -0.4 is 0 Å². The fraction of sp³-hybridized carbons (Fsp3) is 0. The molecule has 0 fully saturated rings. The molecule has 62 heavy (non-hydrogen) atoms. The van der Waals surface area contributed by atoms with Gasteiger partial charge in [-0.25, -0.2) is 15.0 Å². The van der Waals surface area contributed by atoms with Crippen LogP contribution in [-0.2, 0) is 0 Å². The molecule has 0 bridgehead atoms. The summed E-state index contributed by atoms with van der Waals surface area (Å²) >= 11 is 1.84. The summed E-state index contributed by atoms with van der Waals surface area (Å²) in [6.07, 6.45) is 0. The summed E-state index contributed by atoms with van der Waals surface area (Å²) in [5, 5.41) is 5.03. The Bertz CT molecular complexity index is 3570. The van der Waals surface area contributed by atoms with Crippen LogP contribution in [0.15, 0.2) is 218 Å². The molecule has 5 heteroatoms. The smallest absolute Gasteiger partial charge is 0.164 e. The van der Waals surface area contributed by atoms with Gasteiger partial charge < -0.3 is 4.57 Å². The van der Waals surface area contributed by atoms with Crippen LogP contribution in [0, 0.1) is 0 Å². The fourth-order valence-corrected chi connectivity index (χ4v) is 9.99. The van der Waals surface area contributed by atoms with Crippen molar-refractivity contribution in [2.45, 2.75) is 0 Å². The molecule has 0 amide bonds.